The Bertz CT molecular complexity index is 296. The first kappa shape index (κ1) is 19.7. The van der Waals surface area contributed by atoms with Crippen LogP contribution in [0.4, 0.5) is 4.79 Å². The zero-order valence-corrected chi connectivity index (χ0v) is 13.7. The van der Waals surface area contributed by atoms with E-state index in [1.807, 2.05) is 14.1 Å². The highest BCUT2D eigenvalue weighted by Crippen LogP contribution is 2.16. The van der Waals surface area contributed by atoms with Gasteiger partial charge in [-0.3, -0.25) is 4.79 Å². The zero-order chi connectivity index (χ0) is 16.1. The van der Waals surface area contributed by atoms with Crippen molar-refractivity contribution in [3.05, 3.63) is 0 Å². The number of carboxylic acid groups (broad SMARTS) is 1. The molecule has 0 fully saturated rings. The van der Waals surface area contributed by atoms with Crippen LogP contribution in [0.25, 0.3) is 0 Å². The van der Waals surface area contributed by atoms with Crippen LogP contribution in [0.1, 0.15) is 45.4 Å². The van der Waals surface area contributed by atoms with Crippen LogP contribution in [0.5, 0.6) is 0 Å². The van der Waals surface area contributed by atoms with Crippen molar-refractivity contribution in [2.75, 3.05) is 33.7 Å². The van der Waals surface area contributed by atoms with E-state index < -0.39 is 5.97 Å². The molecule has 0 spiro atoms. The lowest BCUT2D eigenvalue weighted by atomic mass is 9.94. The first-order chi connectivity index (χ1) is 9.95. The Morgan fingerprint density at radius 1 is 1.10 bits per heavy atom. The predicted molar refractivity (Wildman–Crippen MR) is 84.5 cm³/mol. The summed E-state index contributed by atoms with van der Waals surface area (Å²) in [5.41, 5.74) is 0. The molecular formula is C15H31N3O3. The molecule has 0 heterocycles. The molecule has 3 N–H and O–H groups in total. The summed E-state index contributed by atoms with van der Waals surface area (Å²) < 4.78 is 0. The van der Waals surface area contributed by atoms with Gasteiger partial charge in [-0.25, -0.2) is 4.79 Å². The van der Waals surface area contributed by atoms with E-state index in [1.54, 1.807) is 0 Å². The van der Waals surface area contributed by atoms with Crippen molar-refractivity contribution in [2.45, 2.75) is 45.4 Å². The van der Waals surface area contributed by atoms with E-state index in [4.69, 9.17) is 5.11 Å². The Kier molecular flexibility index (Phi) is 11.7. The van der Waals surface area contributed by atoms with Crippen molar-refractivity contribution in [1.82, 2.24) is 15.5 Å². The van der Waals surface area contributed by atoms with Crippen molar-refractivity contribution in [3.63, 3.8) is 0 Å². The van der Waals surface area contributed by atoms with Crippen molar-refractivity contribution >= 4 is 12.0 Å². The van der Waals surface area contributed by atoms with Gasteiger partial charge in [0.05, 0.1) is 0 Å². The Morgan fingerprint density at radius 2 is 1.76 bits per heavy atom. The van der Waals surface area contributed by atoms with Crippen LogP contribution in [-0.2, 0) is 4.79 Å². The molecule has 0 aromatic carbocycles. The molecule has 0 bridgehead atoms. The largest absolute Gasteiger partial charge is 0.481 e. The number of carboxylic acids is 1. The molecule has 0 saturated carbocycles. The van der Waals surface area contributed by atoms with E-state index in [2.05, 4.69) is 22.5 Å². The molecule has 124 valence electrons. The third kappa shape index (κ3) is 13.4. The van der Waals surface area contributed by atoms with Crippen LogP contribution >= 0.6 is 0 Å². The molecule has 6 heteroatoms. The lowest BCUT2D eigenvalue weighted by Crippen LogP contribution is -2.37. The second kappa shape index (κ2) is 12.4. The highest BCUT2D eigenvalue weighted by Gasteiger charge is 2.10. The fourth-order valence-electron chi connectivity index (χ4n) is 2.22. The van der Waals surface area contributed by atoms with Crippen LogP contribution in [0.15, 0.2) is 0 Å². The summed E-state index contributed by atoms with van der Waals surface area (Å²) >= 11 is 0. The predicted octanol–water partition coefficient (Wildman–Crippen LogP) is 1.91. The number of carbonyl (C=O) groups excluding carboxylic acids is 1. The van der Waals surface area contributed by atoms with E-state index in [-0.39, 0.29) is 12.5 Å². The number of hydrogen-bond donors (Lipinski definition) is 3. The maximum absolute atomic E-state index is 11.6. The summed E-state index contributed by atoms with van der Waals surface area (Å²) in [6, 6.07) is -0.137. The van der Waals surface area contributed by atoms with Crippen molar-refractivity contribution in [3.8, 4) is 0 Å². The van der Waals surface area contributed by atoms with E-state index in [9.17, 15) is 9.59 Å². The van der Waals surface area contributed by atoms with Gasteiger partial charge >= 0.3 is 12.0 Å². The number of amides is 2. The van der Waals surface area contributed by atoms with E-state index in [0.717, 1.165) is 32.2 Å². The fourth-order valence-corrected chi connectivity index (χ4v) is 2.22. The van der Waals surface area contributed by atoms with E-state index >= 15 is 0 Å². The summed E-state index contributed by atoms with van der Waals surface area (Å²) in [6.07, 6.45) is 4.72. The third-order valence-electron chi connectivity index (χ3n) is 3.37. The Morgan fingerprint density at radius 3 is 2.33 bits per heavy atom. The molecular weight excluding hydrogens is 270 g/mol. The van der Waals surface area contributed by atoms with Crippen molar-refractivity contribution in [2.24, 2.45) is 5.92 Å². The topological polar surface area (TPSA) is 81.7 Å². The second-order valence-electron chi connectivity index (χ2n) is 5.72. The molecule has 21 heavy (non-hydrogen) atoms. The van der Waals surface area contributed by atoms with Gasteiger partial charge in [-0.05, 0) is 45.8 Å². The van der Waals surface area contributed by atoms with Crippen LogP contribution in [0.2, 0.25) is 0 Å². The number of aliphatic carboxylic acids is 1. The summed E-state index contributed by atoms with van der Waals surface area (Å²) in [5, 5.41) is 14.4. The van der Waals surface area contributed by atoms with Gasteiger partial charge in [-0.15, -0.1) is 0 Å². The second-order valence-corrected chi connectivity index (χ2v) is 5.72. The molecule has 0 aliphatic heterocycles. The lowest BCUT2D eigenvalue weighted by molar-refractivity contribution is -0.137. The third-order valence-corrected chi connectivity index (χ3v) is 3.37. The number of nitrogens with zero attached hydrogens (tertiary/aromatic N) is 1. The summed E-state index contributed by atoms with van der Waals surface area (Å²) in [6.45, 7) is 4.32. The SMILES string of the molecule is CCCC(CCNC(=O)NCCCN(C)C)CCC(=O)O. The summed E-state index contributed by atoms with van der Waals surface area (Å²) in [5.74, 6) is -0.372. The standard InChI is InChI=1S/C15H31N3O3/c1-4-6-13(7-8-14(19)20)9-11-17-15(21)16-10-5-12-18(2)3/h13H,4-12H2,1-3H3,(H,19,20)(H2,16,17,21). The lowest BCUT2D eigenvalue weighted by Gasteiger charge is -2.16. The molecule has 0 aliphatic carbocycles. The Hall–Kier alpha value is -1.30. The van der Waals surface area contributed by atoms with Crippen molar-refractivity contribution in [1.29, 1.82) is 0 Å². The summed E-state index contributed by atoms with van der Waals surface area (Å²) in [4.78, 5) is 24.2. The van der Waals surface area contributed by atoms with Gasteiger partial charge in [0.25, 0.3) is 0 Å². The molecule has 2 amide bonds. The molecule has 0 rings (SSSR count). The van der Waals surface area contributed by atoms with Gasteiger partial charge in [-0.2, -0.15) is 0 Å². The van der Waals surface area contributed by atoms with Crippen LogP contribution < -0.4 is 10.6 Å². The highest BCUT2D eigenvalue weighted by molar-refractivity contribution is 5.73. The smallest absolute Gasteiger partial charge is 0.314 e. The number of carbonyl (C=O) groups is 2. The van der Waals surface area contributed by atoms with Gasteiger partial charge < -0.3 is 20.6 Å². The quantitative estimate of drug-likeness (QED) is 0.481. The minimum atomic E-state index is -0.748. The normalized spacial score (nSPS) is 12.2. The highest BCUT2D eigenvalue weighted by atomic mass is 16.4. The van der Waals surface area contributed by atoms with Crippen molar-refractivity contribution < 1.29 is 14.7 Å². The molecule has 0 aromatic heterocycles. The van der Waals surface area contributed by atoms with Crippen LogP contribution in [0, 0.1) is 5.92 Å². The fraction of sp³-hybridized carbons (Fsp3) is 0.867. The van der Waals surface area contributed by atoms with Gasteiger partial charge in [0, 0.05) is 19.5 Å². The average Bonchev–Trinajstić information content (AvgIpc) is 2.40. The first-order valence-electron chi connectivity index (χ1n) is 7.84. The molecule has 1 atom stereocenters. The van der Waals surface area contributed by atoms with Gasteiger partial charge in [0.15, 0.2) is 0 Å². The Balaban J connectivity index is 3.71. The van der Waals surface area contributed by atoms with E-state index in [1.165, 1.54) is 0 Å². The molecule has 0 aromatic rings. The molecule has 0 aliphatic rings. The maximum atomic E-state index is 11.6. The number of rotatable bonds is 12. The maximum Gasteiger partial charge on any atom is 0.314 e. The van der Waals surface area contributed by atoms with Crippen LogP contribution in [0.3, 0.4) is 0 Å². The minimum absolute atomic E-state index is 0.137. The number of urea groups is 1. The van der Waals surface area contributed by atoms with Gasteiger partial charge in [-0.1, -0.05) is 19.8 Å². The summed E-state index contributed by atoms with van der Waals surface area (Å²) in [7, 11) is 4.01. The zero-order valence-electron chi connectivity index (χ0n) is 13.7. The molecule has 0 saturated heterocycles. The first-order valence-corrected chi connectivity index (χ1v) is 7.84. The molecule has 0 radical (unpaired) electrons. The number of nitrogens with one attached hydrogen (secondary N) is 2. The number of hydrogen-bond acceptors (Lipinski definition) is 3. The minimum Gasteiger partial charge on any atom is -0.481 e. The van der Waals surface area contributed by atoms with Gasteiger partial charge in [0.2, 0.25) is 0 Å². The monoisotopic (exact) mass is 301 g/mol. The van der Waals surface area contributed by atoms with Gasteiger partial charge in [0.1, 0.15) is 0 Å². The van der Waals surface area contributed by atoms with Crippen LogP contribution in [-0.4, -0.2) is 55.7 Å². The Labute approximate surface area is 128 Å². The molecule has 6 nitrogen and oxygen atoms in total. The average molecular weight is 301 g/mol. The van der Waals surface area contributed by atoms with E-state index in [0.29, 0.717) is 25.4 Å². The molecule has 1 unspecified atom stereocenters.